The number of nitrogens with two attached hydrogens (primary N) is 1. The van der Waals surface area contributed by atoms with Crippen molar-refractivity contribution in [1.82, 2.24) is 31.9 Å². The Morgan fingerprint density at radius 3 is 2.07 bits per heavy atom. The van der Waals surface area contributed by atoms with Crippen LogP contribution in [0.5, 0.6) is 0 Å². The van der Waals surface area contributed by atoms with E-state index in [4.69, 9.17) is 5.73 Å². The van der Waals surface area contributed by atoms with Gasteiger partial charge >= 0.3 is 0 Å². The van der Waals surface area contributed by atoms with Gasteiger partial charge in [0.25, 0.3) is 0 Å². The zero-order valence-corrected chi connectivity index (χ0v) is 30.7. The molecule has 0 saturated heterocycles. The third kappa shape index (κ3) is 9.68. The van der Waals surface area contributed by atoms with Gasteiger partial charge < -0.3 is 37.6 Å². The largest absolute Gasteiger partial charge is 0.354 e. The van der Waals surface area contributed by atoms with Crippen LogP contribution >= 0.6 is 0 Å². The second kappa shape index (κ2) is 18.8. The minimum absolute atomic E-state index is 0.241. The summed E-state index contributed by atoms with van der Waals surface area (Å²) in [5.41, 5.74) is 6.56. The van der Waals surface area contributed by atoms with E-state index < -0.39 is 0 Å². The van der Waals surface area contributed by atoms with E-state index in [9.17, 15) is 4.79 Å². The molecule has 0 heterocycles. The van der Waals surface area contributed by atoms with E-state index in [0.29, 0.717) is 35.8 Å². The van der Waals surface area contributed by atoms with Crippen LogP contribution in [0.3, 0.4) is 0 Å². The van der Waals surface area contributed by atoms with Crippen molar-refractivity contribution in [3.8, 4) is 0 Å². The van der Waals surface area contributed by atoms with Crippen molar-refractivity contribution >= 4 is 5.91 Å². The summed E-state index contributed by atoms with van der Waals surface area (Å²) >= 11 is 0. The van der Waals surface area contributed by atoms with Crippen molar-refractivity contribution in [1.29, 1.82) is 0 Å². The highest BCUT2D eigenvalue weighted by Gasteiger charge is 2.61. The lowest BCUT2D eigenvalue weighted by molar-refractivity contribution is -0.129. The molecular formula is C38H75N7O. The Morgan fingerprint density at radius 2 is 1.43 bits per heavy atom. The van der Waals surface area contributed by atoms with E-state index >= 15 is 0 Å². The second-order valence-corrected chi connectivity index (χ2v) is 16.4. The number of amides is 1. The lowest BCUT2D eigenvalue weighted by atomic mass is 9.43. The lowest BCUT2D eigenvalue weighted by Crippen LogP contribution is -2.56. The average Bonchev–Trinajstić information content (AvgIpc) is 3.40. The summed E-state index contributed by atoms with van der Waals surface area (Å²) in [6.07, 6.45) is 16.0. The van der Waals surface area contributed by atoms with Gasteiger partial charge in [0, 0.05) is 84.0 Å². The van der Waals surface area contributed by atoms with Crippen LogP contribution in [-0.4, -0.2) is 83.4 Å². The molecule has 4 saturated carbocycles. The smallest absolute Gasteiger partial charge is 0.220 e. The zero-order valence-electron chi connectivity index (χ0n) is 30.7. The summed E-state index contributed by atoms with van der Waals surface area (Å²) in [5.74, 6) is 5.38. The van der Waals surface area contributed by atoms with Crippen LogP contribution in [0.15, 0.2) is 0 Å². The Labute approximate surface area is 283 Å². The van der Waals surface area contributed by atoms with Crippen LogP contribution in [0, 0.1) is 46.3 Å². The highest BCUT2D eigenvalue weighted by molar-refractivity contribution is 5.76. The molecule has 0 aliphatic heterocycles. The highest BCUT2D eigenvalue weighted by Crippen LogP contribution is 2.69. The van der Waals surface area contributed by atoms with Crippen LogP contribution in [0.25, 0.3) is 0 Å². The van der Waals surface area contributed by atoms with Gasteiger partial charge in [-0.25, -0.2) is 0 Å². The molecule has 268 valence electrons. The topological polar surface area (TPSA) is 115 Å². The number of nitrogens with one attached hydrogen (secondary N) is 6. The molecule has 8 heteroatoms. The normalized spacial score (nSPS) is 34.6. The van der Waals surface area contributed by atoms with Gasteiger partial charge in [-0.2, -0.15) is 0 Å². The molecule has 0 aromatic heterocycles. The predicted octanol–water partition coefficient (Wildman–Crippen LogP) is 4.25. The van der Waals surface area contributed by atoms with Crippen LogP contribution in [-0.2, 0) is 4.79 Å². The fourth-order valence-electron chi connectivity index (χ4n) is 11.4. The first-order valence-corrected chi connectivity index (χ1v) is 19.8. The van der Waals surface area contributed by atoms with Crippen LogP contribution in [0.2, 0.25) is 0 Å². The molecule has 0 bridgehead atoms. The molecule has 9 atom stereocenters. The monoisotopic (exact) mass is 646 g/mol. The number of hydrogen-bond acceptors (Lipinski definition) is 7. The fraction of sp³-hybridized carbons (Fsp3) is 0.974. The molecule has 46 heavy (non-hydrogen) atoms. The molecule has 8 N–H and O–H groups in total. The molecule has 0 radical (unpaired) electrons. The molecule has 4 rings (SSSR count). The van der Waals surface area contributed by atoms with Crippen LogP contribution < -0.4 is 37.6 Å². The molecule has 4 fully saturated rings. The maximum absolute atomic E-state index is 12.4. The fourth-order valence-corrected chi connectivity index (χ4v) is 11.4. The number of hydrogen-bond donors (Lipinski definition) is 7. The zero-order chi connectivity index (χ0) is 33.0. The summed E-state index contributed by atoms with van der Waals surface area (Å²) in [5, 5.41) is 21.0. The Hall–Kier alpha value is -0.770. The Balaban J connectivity index is 1.15. The van der Waals surface area contributed by atoms with E-state index in [2.05, 4.69) is 66.5 Å². The third-order valence-electron chi connectivity index (χ3n) is 13.6. The summed E-state index contributed by atoms with van der Waals surface area (Å²) in [6.45, 7) is 21.6. The predicted molar refractivity (Wildman–Crippen MR) is 194 cm³/mol. The van der Waals surface area contributed by atoms with Gasteiger partial charge in [0.05, 0.1) is 0 Å². The summed E-state index contributed by atoms with van der Waals surface area (Å²) in [4.78, 5) is 12.4. The Morgan fingerprint density at radius 1 is 0.783 bits per heavy atom. The average molecular weight is 646 g/mol. The van der Waals surface area contributed by atoms with Crippen molar-refractivity contribution < 1.29 is 4.79 Å². The molecule has 0 aromatic rings. The van der Waals surface area contributed by atoms with Crippen molar-refractivity contribution in [2.75, 3.05) is 65.4 Å². The maximum Gasteiger partial charge on any atom is 0.220 e. The number of carbonyl (C=O) groups excluding carboxylic acids is 1. The first-order chi connectivity index (χ1) is 22.2. The minimum Gasteiger partial charge on any atom is -0.354 e. The minimum atomic E-state index is 0.241. The third-order valence-corrected chi connectivity index (χ3v) is 13.6. The standard InChI is InChI=1S/C38H75N7O/c1-6-38-16-13-31(44-26-25-43-24-23-42-22-21-41-20-19-40-18-17-39)27-30(38)8-9-32-34-11-10-33(37(34,5)15-14-35(32)38)29(4)7-12-36(46)45-28(2)3/h28-35,40-44H,6-27,39H2,1-5H3,(H,45,46)/t29-,30?,31+,32?,33-,34?,35?,37-,38?/m1/s1. The molecule has 4 aliphatic carbocycles. The van der Waals surface area contributed by atoms with Gasteiger partial charge in [0.15, 0.2) is 0 Å². The molecule has 8 nitrogen and oxygen atoms in total. The first-order valence-electron chi connectivity index (χ1n) is 19.8. The maximum atomic E-state index is 12.4. The molecule has 0 aromatic carbocycles. The Bertz CT molecular complexity index is 887. The summed E-state index contributed by atoms with van der Waals surface area (Å²) in [7, 11) is 0. The van der Waals surface area contributed by atoms with Crippen LogP contribution in [0.4, 0.5) is 0 Å². The van der Waals surface area contributed by atoms with Gasteiger partial charge in [-0.15, -0.1) is 0 Å². The summed E-state index contributed by atoms with van der Waals surface area (Å²) in [6, 6.07) is 0.942. The van der Waals surface area contributed by atoms with Crippen molar-refractivity contribution in [2.45, 2.75) is 124 Å². The van der Waals surface area contributed by atoms with Crippen molar-refractivity contribution in [3.63, 3.8) is 0 Å². The van der Waals surface area contributed by atoms with E-state index in [1.807, 2.05) is 0 Å². The van der Waals surface area contributed by atoms with E-state index in [1.54, 1.807) is 0 Å². The van der Waals surface area contributed by atoms with Crippen LogP contribution in [0.1, 0.15) is 112 Å². The first kappa shape index (κ1) is 38.0. The van der Waals surface area contributed by atoms with Gasteiger partial charge in [-0.3, -0.25) is 4.79 Å². The van der Waals surface area contributed by atoms with E-state index in [-0.39, 0.29) is 11.9 Å². The second-order valence-electron chi connectivity index (χ2n) is 16.4. The summed E-state index contributed by atoms with van der Waals surface area (Å²) < 4.78 is 0. The highest BCUT2D eigenvalue weighted by atomic mass is 16.1. The molecule has 5 unspecified atom stereocenters. The van der Waals surface area contributed by atoms with E-state index in [1.165, 1.54) is 64.2 Å². The van der Waals surface area contributed by atoms with Gasteiger partial charge in [0.1, 0.15) is 0 Å². The number of rotatable bonds is 21. The molecular weight excluding hydrogens is 570 g/mol. The Kier molecular flexibility index (Phi) is 15.6. The molecule has 4 aliphatic rings. The quantitative estimate of drug-likeness (QED) is 0.0934. The van der Waals surface area contributed by atoms with Gasteiger partial charge in [0.2, 0.25) is 5.91 Å². The lowest BCUT2D eigenvalue weighted by Gasteiger charge is -2.62. The van der Waals surface area contributed by atoms with Gasteiger partial charge in [-0.05, 0) is 131 Å². The SMILES string of the molecule is CCC12CC[C@H](NCCNCCNCCNCCNCCN)CC1CCC1C2CC[C@@]2(C)C1CC[C@@H]2[C@H](C)CCC(=O)NC(C)C. The van der Waals surface area contributed by atoms with Gasteiger partial charge in [-0.1, -0.05) is 20.8 Å². The molecule has 1 amide bonds. The molecule has 0 spiro atoms. The number of carbonyl (C=O) groups is 1. The van der Waals surface area contributed by atoms with Crippen molar-refractivity contribution in [3.05, 3.63) is 0 Å². The van der Waals surface area contributed by atoms with E-state index in [0.717, 1.165) is 94.9 Å². The number of fused-ring (bicyclic) bond motifs is 5. The van der Waals surface area contributed by atoms with Crippen molar-refractivity contribution in [2.24, 2.45) is 52.1 Å².